The summed E-state index contributed by atoms with van der Waals surface area (Å²) in [4.78, 5) is 40.4. The Kier molecular flexibility index (Phi) is 4.59. The van der Waals surface area contributed by atoms with Crippen LogP contribution in [0.1, 0.15) is 42.5 Å². The van der Waals surface area contributed by atoms with Gasteiger partial charge in [-0.1, -0.05) is 12.1 Å². The smallest absolute Gasteiger partial charge is 0.387 e. The Labute approximate surface area is 229 Å². The number of piperazine rings is 1. The van der Waals surface area contributed by atoms with E-state index in [1.807, 2.05) is 0 Å². The number of amides is 2. The van der Waals surface area contributed by atoms with Crippen LogP contribution in [-0.4, -0.2) is 57.6 Å². The largest absolute Gasteiger partial charge is 0.432 e. The van der Waals surface area contributed by atoms with Crippen LogP contribution in [0.5, 0.6) is 5.75 Å². The molecule has 2 bridgehead atoms. The van der Waals surface area contributed by atoms with Gasteiger partial charge in [-0.3, -0.25) is 9.59 Å². The molecule has 2 N–H and O–H groups in total. The number of carbonyl (C=O) groups is 2. The number of nitrogens with one attached hydrogen (secondary N) is 2. The Balaban J connectivity index is 1.47. The third-order valence-corrected chi connectivity index (χ3v) is 7.38. The Hall–Kier alpha value is -4.68. The molecule has 5 heterocycles. The van der Waals surface area contributed by atoms with Crippen molar-refractivity contribution in [3.8, 4) is 16.9 Å². The molecule has 13 heteroatoms. The molecule has 0 saturated carbocycles. The van der Waals surface area contributed by atoms with Crippen LogP contribution in [0.25, 0.3) is 22.2 Å². The SMILES string of the molecule is [2H]c1c([2H])c2c(c(-c3cnc(N4CCNC(=O)C4)nc3)c1C)[C@H]1C[C@@](F)(c3nc4c(OC(F)F)cccc4n31)N([2H])C2=O. The number of alkyl halides is 3. The first-order chi connectivity index (χ1) is 20.5. The Morgan fingerprint density at radius 2 is 2.05 bits per heavy atom. The van der Waals surface area contributed by atoms with Gasteiger partial charge in [0.1, 0.15) is 5.52 Å². The van der Waals surface area contributed by atoms with Crippen LogP contribution in [0.15, 0.2) is 42.7 Å². The third-order valence-electron chi connectivity index (χ3n) is 7.38. The maximum atomic E-state index is 16.9. The van der Waals surface area contributed by atoms with E-state index >= 15 is 4.39 Å². The lowest BCUT2D eigenvalue weighted by Gasteiger charge is -2.27. The van der Waals surface area contributed by atoms with Gasteiger partial charge in [-0.25, -0.2) is 19.3 Å². The van der Waals surface area contributed by atoms with E-state index in [1.54, 1.807) is 17.9 Å². The minimum Gasteiger partial charge on any atom is -0.432 e. The topological polar surface area (TPSA) is 114 Å². The number of anilines is 1. The lowest BCUT2D eigenvalue weighted by molar-refractivity contribution is -0.120. The molecule has 2 amide bonds. The number of aromatic nitrogens is 4. The number of ether oxygens (including phenoxy) is 1. The van der Waals surface area contributed by atoms with Crippen molar-refractivity contribution in [1.82, 2.24) is 30.1 Å². The van der Waals surface area contributed by atoms with E-state index in [9.17, 15) is 18.4 Å². The van der Waals surface area contributed by atoms with Crippen molar-refractivity contribution in [2.75, 3.05) is 24.5 Å². The van der Waals surface area contributed by atoms with Gasteiger partial charge in [0.2, 0.25) is 17.6 Å². The molecule has 10 nitrogen and oxygen atoms in total. The van der Waals surface area contributed by atoms with E-state index in [1.165, 1.54) is 29.1 Å². The summed E-state index contributed by atoms with van der Waals surface area (Å²) in [5.74, 6) is -4.45. The number of carbonyl (C=O) groups excluding carboxylic acids is 2. The van der Waals surface area contributed by atoms with Crippen molar-refractivity contribution in [1.29, 1.82) is 0 Å². The van der Waals surface area contributed by atoms with Crippen LogP contribution in [0.2, 0.25) is 1.41 Å². The Morgan fingerprint density at radius 1 is 1.25 bits per heavy atom. The molecule has 3 aliphatic rings. The van der Waals surface area contributed by atoms with Gasteiger partial charge in [0.25, 0.3) is 5.91 Å². The minimum absolute atomic E-state index is 0.0699. The molecular formula is C27H22F3N7O3. The maximum Gasteiger partial charge on any atom is 0.387 e. The first kappa shape index (κ1) is 21.2. The fourth-order valence-corrected chi connectivity index (χ4v) is 5.76. The van der Waals surface area contributed by atoms with Gasteiger partial charge in [0, 0.05) is 43.0 Å². The number of hydrogen-bond acceptors (Lipinski definition) is 7. The van der Waals surface area contributed by atoms with Crippen LogP contribution >= 0.6 is 0 Å². The summed E-state index contributed by atoms with van der Waals surface area (Å²) in [5, 5.41) is 2.84. The lowest BCUT2D eigenvalue weighted by Crippen LogP contribution is -2.48. The molecule has 7 rings (SSSR count). The van der Waals surface area contributed by atoms with E-state index in [0.29, 0.717) is 29.8 Å². The van der Waals surface area contributed by atoms with E-state index in [0.717, 1.165) is 0 Å². The second-order valence-electron chi connectivity index (χ2n) is 9.79. The van der Waals surface area contributed by atoms with Crippen molar-refractivity contribution >= 4 is 28.8 Å². The van der Waals surface area contributed by atoms with Crippen LogP contribution in [0.3, 0.4) is 0 Å². The average Bonchev–Trinajstić information content (AvgIpc) is 3.49. The highest BCUT2D eigenvalue weighted by atomic mass is 19.3. The van der Waals surface area contributed by atoms with Crippen LogP contribution in [0.4, 0.5) is 19.1 Å². The molecule has 2 aromatic heterocycles. The molecule has 4 aromatic rings. The van der Waals surface area contributed by atoms with Crippen molar-refractivity contribution in [3.63, 3.8) is 0 Å². The number of halogens is 3. The van der Waals surface area contributed by atoms with Gasteiger partial charge >= 0.3 is 6.61 Å². The van der Waals surface area contributed by atoms with Crippen LogP contribution < -0.4 is 20.3 Å². The second kappa shape index (κ2) is 8.66. The molecule has 0 unspecified atom stereocenters. The summed E-state index contributed by atoms with van der Waals surface area (Å²) in [6.07, 6.45) is 2.49. The first-order valence-corrected chi connectivity index (χ1v) is 12.5. The first-order valence-electron chi connectivity index (χ1n) is 13.9. The lowest BCUT2D eigenvalue weighted by atomic mass is 9.87. The quantitative estimate of drug-likeness (QED) is 0.374. The number of imidazole rings is 1. The fourth-order valence-electron chi connectivity index (χ4n) is 5.76. The van der Waals surface area contributed by atoms with Crippen LogP contribution in [-0.2, 0) is 10.6 Å². The van der Waals surface area contributed by atoms with E-state index in [2.05, 4.69) is 25.0 Å². The number of para-hydroxylation sites is 1. The summed E-state index contributed by atoms with van der Waals surface area (Å²) in [7, 11) is 0. The van der Waals surface area contributed by atoms with Crippen molar-refractivity contribution in [2.24, 2.45) is 0 Å². The van der Waals surface area contributed by atoms with Crippen molar-refractivity contribution in [3.05, 3.63) is 65.2 Å². The number of hydrogen-bond donors (Lipinski definition) is 2. The Morgan fingerprint density at radius 3 is 2.80 bits per heavy atom. The zero-order valence-electron chi connectivity index (χ0n) is 23.9. The predicted octanol–water partition coefficient (Wildman–Crippen LogP) is 3.20. The molecule has 1 fully saturated rings. The monoisotopic (exact) mass is 552 g/mol. The third kappa shape index (κ3) is 3.60. The zero-order chi connectivity index (χ0) is 30.4. The summed E-state index contributed by atoms with van der Waals surface area (Å²) in [6.45, 7) is -0.595. The summed E-state index contributed by atoms with van der Waals surface area (Å²) in [6, 6.07) is 2.46. The van der Waals surface area contributed by atoms with E-state index in [4.69, 9.17) is 4.15 Å². The standard InChI is InChI=1S/C27H22F3N7O3/c1-13-5-6-15-21(20(13)14-10-32-26(33-11-14)36-8-7-31-19(38)12-36)17-9-27(30,35-23(15)39)24-34-22-16(37(17)24)3-2-4-18(22)40-25(28)29/h2-6,10-11,17,25H,7-9,12H2,1H3,(H,31,38)(H,35,39)/t17-,27+/m1/s1/i5D,6D/hD. The normalized spacial score (nSPS) is 22.9. The van der Waals surface area contributed by atoms with Gasteiger partial charge in [-0.05, 0) is 41.8 Å². The van der Waals surface area contributed by atoms with Crippen LogP contribution in [0, 0.1) is 6.92 Å². The highest BCUT2D eigenvalue weighted by Gasteiger charge is 2.53. The van der Waals surface area contributed by atoms with Gasteiger partial charge in [-0.2, -0.15) is 8.78 Å². The van der Waals surface area contributed by atoms with Gasteiger partial charge < -0.3 is 24.8 Å². The summed E-state index contributed by atoms with van der Waals surface area (Å²) >= 11 is 0. The number of rotatable bonds is 4. The van der Waals surface area contributed by atoms with Gasteiger partial charge in [0.05, 0.1) is 20.8 Å². The number of benzene rings is 2. The molecule has 2 aromatic carbocycles. The van der Waals surface area contributed by atoms with Gasteiger partial charge in [0.15, 0.2) is 13.0 Å². The minimum atomic E-state index is -3.17. The van der Waals surface area contributed by atoms with E-state index < -0.39 is 36.8 Å². The summed E-state index contributed by atoms with van der Waals surface area (Å²) < 4.78 is 75.2. The average molecular weight is 553 g/mol. The highest BCUT2D eigenvalue weighted by molar-refractivity contribution is 6.00. The number of fused-ring (bicyclic) bond motifs is 9. The maximum absolute atomic E-state index is 16.9. The molecule has 204 valence electrons. The van der Waals surface area contributed by atoms with Gasteiger partial charge in [-0.15, -0.1) is 0 Å². The van der Waals surface area contributed by atoms with Crippen molar-refractivity contribution < 1.29 is 31.7 Å². The second-order valence-corrected chi connectivity index (χ2v) is 9.79. The molecule has 40 heavy (non-hydrogen) atoms. The summed E-state index contributed by atoms with van der Waals surface area (Å²) in [5.41, 5.74) is 0.974. The molecule has 0 spiro atoms. The van der Waals surface area contributed by atoms with E-state index in [-0.39, 0.29) is 63.5 Å². The molecule has 0 radical (unpaired) electrons. The Bertz CT molecular complexity index is 1860. The fraction of sp³-hybridized carbons (Fsp3) is 0.296. The molecular weight excluding hydrogens is 527 g/mol. The predicted molar refractivity (Wildman–Crippen MR) is 137 cm³/mol. The van der Waals surface area contributed by atoms with Crippen molar-refractivity contribution in [2.45, 2.75) is 31.8 Å². The number of nitrogens with zero attached hydrogens (tertiary/aromatic N) is 5. The highest BCUT2D eigenvalue weighted by Crippen LogP contribution is 2.51. The zero-order valence-corrected chi connectivity index (χ0v) is 20.9. The molecule has 2 atom stereocenters. The molecule has 0 aliphatic carbocycles. The molecule has 3 aliphatic heterocycles. The molecule has 1 saturated heterocycles.